The van der Waals surface area contributed by atoms with Crippen LogP contribution in [0.2, 0.25) is 0 Å². The minimum Gasteiger partial charge on any atom is -0.390 e. The highest BCUT2D eigenvalue weighted by Crippen LogP contribution is 2.40. The molecule has 6 heteroatoms. The number of aromatic nitrogens is 1. The number of hydrogen-bond donors (Lipinski definition) is 2. The van der Waals surface area contributed by atoms with Crippen LogP contribution in [0.15, 0.2) is 69.8 Å². The zero-order valence-electron chi connectivity index (χ0n) is 13.4. The Hall–Kier alpha value is -2.57. The highest BCUT2D eigenvalue weighted by Gasteiger charge is 2.18. The molecule has 0 unspecified atom stereocenters. The summed E-state index contributed by atoms with van der Waals surface area (Å²) >= 11 is 3.23. The normalized spacial score (nSPS) is 15.7. The number of fused-ring (bicyclic) bond motifs is 2. The second-order valence-corrected chi connectivity index (χ2v) is 7.60. The molecule has 0 spiro atoms. The number of anilines is 1. The quantitative estimate of drug-likeness (QED) is 0.768. The van der Waals surface area contributed by atoms with E-state index >= 15 is 0 Å². The van der Waals surface area contributed by atoms with Crippen LogP contribution >= 0.6 is 23.1 Å². The Morgan fingerprint density at radius 2 is 2.24 bits per heavy atom. The maximum Gasteiger partial charge on any atom is 0.160 e. The Morgan fingerprint density at radius 1 is 1.32 bits per heavy atom. The van der Waals surface area contributed by atoms with Gasteiger partial charge in [-0.2, -0.15) is 0 Å². The average Bonchev–Trinajstić information content (AvgIpc) is 2.90. The molecule has 1 aliphatic carbocycles. The van der Waals surface area contributed by atoms with Gasteiger partial charge < -0.3 is 11.1 Å². The van der Waals surface area contributed by atoms with E-state index in [1.54, 1.807) is 23.6 Å². The fourth-order valence-electron chi connectivity index (χ4n) is 2.59. The summed E-state index contributed by atoms with van der Waals surface area (Å²) in [6, 6.07) is 6.28. The number of aliphatic imine (C=N–C) groups is 1. The Morgan fingerprint density at radius 3 is 3.12 bits per heavy atom. The number of allylic oxidation sites excluding steroid dienone is 4. The van der Waals surface area contributed by atoms with Crippen LogP contribution in [0.3, 0.4) is 0 Å². The SMILES string of the molecule is C=C/C=N\C1=C(N)Sc2ccc(-c3nc4c(s3)C=CC=CC4)cc2N1. The van der Waals surface area contributed by atoms with Crippen LogP contribution in [0.1, 0.15) is 10.6 Å². The Bertz CT molecular complexity index is 964. The fourth-order valence-corrected chi connectivity index (χ4v) is 4.39. The van der Waals surface area contributed by atoms with Crippen LogP contribution < -0.4 is 11.1 Å². The predicted octanol–water partition coefficient (Wildman–Crippen LogP) is 4.80. The third-order valence-corrected chi connectivity index (χ3v) is 5.88. The monoisotopic (exact) mass is 364 g/mol. The summed E-state index contributed by atoms with van der Waals surface area (Å²) in [5.74, 6) is 0.651. The van der Waals surface area contributed by atoms with Crippen LogP contribution in [0, 0.1) is 0 Å². The lowest BCUT2D eigenvalue weighted by molar-refractivity contribution is 1.15. The van der Waals surface area contributed by atoms with Gasteiger partial charge in [0.2, 0.25) is 0 Å². The molecule has 1 aromatic carbocycles. The number of nitrogens with one attached hydrogen (secondary N) is 1. The molecule has 0 bridgehead atoms. The highest BCUT2D eigenvalue weighted by atomic mass is 32.2. The van der Waals surface area contributed by atoms with Crippen molar-refractivity contribution >= 4 is 41.1 Å². The van der Waals surface area contributed by atoms with Gasteiger partial charge in [-0.25, -0.2) is 9.98 Å². The molecule has 0 amide bonds. The Kier molecular flexibility index (Phi) is 4.29. The average molecular weight is 364 g/mol. The van der Waals surface area contributed by atoms with E-state index in [4.69, 9.17) is 10.7 Å². The highest BCUT2D eigenvalue weighted by molar-refractivity contribution is 8.03. The van der Waals surface area contributed by atoms with Crippen molar-refractivity contribution in [3.8, 4) is 10.6 Å². The van der Waals surface area contributed by atoms with Gasteiger partial charge in [-0.3, -0.25) is 0 Å². The lowest BCUT2D eigenvalue weighted by Crippen LogP contribution is -2.11. The van der Waals surface area contributed by atoms with Gasteiger partial charge in [-0.05, 0) is 18.2 Å². The van der Waals surface area contributed by atoms with Crippen LogP contribution in [-0.4, -0.2) is 11.2 Å². The minimum atomic E-state index is 0.649. The third-order valence-electron chi connectivity index (χ3n) is 3.78. The van der Waals surface area contributed by atoms with Crippen molar-refractivity contribution in [1.82, 2.24) is 4.98 Å². The van der Waals surface area contributed by atoms with E-state index in [0.717, 1.165) is 33.3 Å². The van der Waals surface area contributed by atoms with E-state index in [1.165, 1.54) is 16.6 Å². The van der Waals surface area contributed by atoms with E-state index < -0.39 is 0 Å². The Balaban J connectivity index is 1.67. The molecule has 2 aliphatic rings. The molecule has 4 nitrogen and oxygen atoms in total. The molecule has 0 saturated heterocycles. The molecule has 4 rings (SSSR count). The number of thiazole rings is 1. The second kappa shape index (κ2) is 6.74. The third kappa shape index (κ3) is 3.18. The first-order valence-corrected chi connectivity index (χ1v) is 9.45. The summed E-state index contributed by atoms with van der Waals surface area (Å²) in [7, 11) is 0. The van der Waals surface area contributed by atoms with Crippen molar-refractivity contribution < 1.29 is 0 Å². The summed E-state index contributed by atoms with van der Waals surface area (Å²) in [5.41, 5.74) is 9.29. The molecule has 0 radical (unpaired) electrons. The van der Waals surface area contributed by atoms with Gasteiger partial charge in [0.15, 0.2) is 5.82 Å². The molecule has 25 heavy (non-hydrogen) atoms. The van der Waals surface area contributed by atoms with Crippen molar-refractivity contribution in [3.05, 3.63) is 70.5 Å². The fraction of sp³-hybridized carbons (Fsp3) is 0.0526. The van der Waals surface area contributed by atoms with Gasteiger partial charge >= 0.3 is 0 Å². The zero-order chi connectivity index (χ0) is 17.2. The topological polar surface area (TPSA) is 63.3 Å². The summed E-state index contributed by atoms with van der Waals surface area (Å²) in [6.45, 7) is 3.64. The molecule has 0 saturated carbocycles. The van der Waals surface area contributed by atoms with Crippen LogP contribution in [-0.2, 0) is 6.42 Å². The van der Waals surface area contributed by atoms with Crippen LogP contribution in [0.5, 0.6) is 0 Å². The molecular weight excluding hydrogens is 348 g/mol. The van der Waals surface area contributed by atoms with Gasteiger partial charge in [0.1, 0.15) is 10.0 Å². The maximum absolute atomic E-state index is 6.07. The molecule has 124 valence electrons. The van der Waals surface area contributed by atoms with E-state index in [-0.39, 0.29) is 0 Å². The summed E-state index contributed by atoms with van der Waals surface area (Å²) in [4.78, 5) is 11.4. The molecule has 2 heterocycles. The smallest absolute Gasteiger partial charge is 0.160 e. The van der Waals surface area contributed by atoms with Gasteiger partial charge in [0.25, 0.3) is 0 Å². The van der Waals surface area contributed by atoms with Crippen molar-refractivity contribution in [2.45, 2.75) is 11.3 Å². The summed E-state index contributed by atoms with van der Waals surface area (Å²) in [6.07, 6.45) is 12.5. The molecule has 3 N–H and O–H groups in total. The molecular formula is C19H16N4S2. The zero-order valence-corrected chi connectivity index (χ0v) is 15.0. The van der Waals surface area contributed by atoms with Gasteiger partial charge in [0, 0.05) is 23.1 Å². The van der Waals surface area contributed by atoms with Crippen LogP contribution in [0.25, 0.3) is 16.6 Å². The minimum absolute atomic E-state index is 0.649. The van der Waals surface area contributed by atoms with Crippen molar-refractivity contribution in [3.63, 3.8) is 0 Å². The van der Waals surface area contributed by atoms with E-state index in [0.29, 0.717) is 10.9 Å². The molecule has 1 aromatic heterocycles. The number of nitrogens with zero attached hydrogens (tertiary/aromatic N) is 2. The van der Waals surface area contributed by atoms with Gasteiger partial charge in [-0.15, -0.1) is 11.3 Å². The number of benzene rings is 1. The summed E-state index contributed by atoms with van der Waals surface area (Å²) in [5, 5.41) is 4.98. The number of hydrogen-bond acceptors (Lipinski definition) is 6. The molecule has 1 aliphatic heterocycles. The molecule has 0 atom stereocenters. The van der Waals surface area contributed by atoms with Crippen molar-refractivity contribution in [2.24, 2.45) is 10.7 Å². The second-order valence-electron chi connectivity index (χ2n) is 5.49. The number of nitrogens with two attached hydrogens (primary N) is 1. The van der Waals surface area contributed by atoms with Crippen LogP contribution in [0.4, 0.5) is 5.69 Å². The van der Waals surface area contributed by atoms with Gasteiger partial charge in [0.05, 0.1) is 16.3 Å². The number of rotatable bonds is 3. The summed E-state index contributed by atoms with van der Waals surface area (Å²) < 4.78 is 0. The van der Waals surface area contributed by atoms with E-state index in [1.807, 2.05) is 0 Å². The number of thioether (sulfide) groups is 1. The van der Waals surface area contributed by atoms with Crippen molar-refractivity contribution in [2.75, 3.05) is 5.32 Å². The first kappa shape index (κ1) is 15.9. The molecule has 2 aromatic rings. The predicted molar refractivity (Wildman–Crippen MR) is 109 cm³/mol. The molecule has 0 fully saturated rings. The van der Waals surface area contributed by atoms with E-state index in [9.17, 15) is 0 Å². The standard InChI is InChI=1S/C19H16N4S2/c1-2-10-21-18-17(20)24-16-9-8-12(11-14(16)22-18)19-23-13-6-4-3-5-7-15(13)25-19/h2-5,7-11,22H,1,6,20H2/b21-10-. The maximum atomic E-state index is 6.07. The Labute approximate surface area is 154 Å². The first-order valence-electron chi connectivity index (χ1n) is 7.81. The lowest BCUT2D eigenvalue weighted by Gasteiger charge is -2.19. The van der Waals surface area contributed by atoms with Gasteiger partial charge in [-0.1, -0.05) is 48.7 Å². The largest absolute Gasteiger partial charge is 0.390 e. The van der Waals surface area contributed by atoms with Crippen molar-refractivity contribution in [1.29, 1.82) is 0 Å². The first-order chi connectivity index (χ1) is 12.2. The van der Waals surface area contributed by atoms with E-state index in [2.05, 4.69) is 59.4 Å². The lowest BCUT2D eigenvalue weighted by atomic mass is 10.2.